The van der Waals surface area contributed by atoms with Gasteiger partial charge in [-0.05, 0) is 43.7 Å². The summed E-state index contributed by atoms with van der Waals surface area (Å²) in [5, 5.41) is 7.81. The monoisotopic (exact) mass is 363 g/mol. The minimum absolute atomic E-state index is 0.207. The summed E-state index contributed by atoms with van der Waals surface area (Å²) in [6.45, 7) is 3.67. The highest BCUT2D eigenvalue weighted by molar-refractivity contribution is 7.99. The smallest absolute Gasteiger partial charge is 0.252 e. The number of hydrogen-bond donors (Lipinski definition) is 3. The molecule has 7 heteroatoms. The van der Waals surface area contributed by atoms with Crippen LogP contribution in [0.4, 0.5) is 17.3 Å². The van der Waals surface area contributed by atoms with Crippen molar-refractivity contribution in [2.45, 2.75) is 23.6 Å². The lowest BCUT2D eigenvalue weighted by Crippen LogP contribution is -2.11. The zero-order valence-corrected chi connectivity index (χ0v) is 15.1. The Morgan fingerprint density at radius 3 is 2.77 bits per heavy atom. The molecule has 1 aliphatic rings. The third-order valence-electron chi connectivity index (χ3n) is 3.97. The summed E-state index contributed by atoms with van der Waals surface area (Å²) >= 11 is 1.75. The van der Waals surface area contributed by atoms with Gasteiger partial charge in [0.25, 0.3) is 5.56 Å². The molecule has 2 heterocycles. The van der Waals surface area contributed by atoms with E-state index in [0.717, 1.165) is 22.6 Å². The van der Waals surface area contributed by atoms with Crippen molar-refractivity contribution in [1.29, 1.82) is 0 Å². The van der Waals surface area contributed by atoms with E-state index in [0.29, 0.717) is 11.6 Å². The Bertz CT molecular complexity index is 1070. The highest BCUT2D eigenvalue weighted by atomic mass is 32.2. The molecule has 0 saturated carbocycles. The number of aromatic nitrogens is 2. The van der Waals surface area contributed by atoms with E-state index in [4.69, 9.17) is 0 Å². The molecule has 0 aliphatic carbocycles. The summed E-state index contributed by atoms with van der Waals surface area (Å²) in [6, 6.07) is 15.9. The number of aryl methyl sites for hydroxylation is 1. The number of rotatable bonds is 3. The van der Waals surface area contributed by atoms with Crippen molar-refractivity contribution in [2.24, 2.45) is 5.10 Å². The predicted octanol–water partition coefficient (Wildman–Crippen LogP) is 4.12. The van der Waals surface area contributed by atoms with Crippen LogP contribution >= 0.6 is 11.8 Å². The Balaban J connectivity index is 1.58. The van der Waals surface area contributed by atoms with E-state index in [-0.39, 0.29) is 5.56 Å². The third-order valence-corrected chi connectivity index (χ3v) is 5.12. The lowest BCUT2D eigenvalue weighted by atomic mass is 10.1. The van der Waals surface area contributed by atoms with Gasteiger partial charge in [0.05, 0.1) is 17.1 Å². The Morgan fingerprint density at radius 1 is 1.12 bits per heavy atom. The molecule has 6 nitrogen and oxygen atoms in total. The number of benzene rings is 2. The zero-order valence-electron chi connectivity index (χ0n) is 14.3. The van der Waals surface area contributed by atoms with E-state index < -0.39 is 0 Å². The van der Waals surface area contributed by atoms with Crippen molar-refractivity contribution in [2.75, 3.05) is 10.7 Å². The first-order chi connectivity index (χ1) is 12.6. The van der Waals surface area contributed by atoms with Crippen LogP contribution in [0.25, 0.3) is 0 Å². The van der Waals surface area contributed by atoms with Gasteiger partial charge >= 0.3 is 0 Å². The number of anilines is 3. The van der Waals surface area contributed by atoms with Crippen LogP contribution in [0.3, 0.4) is 0 Å². The molecule has 3 aromatic rings. The number of nitrogens with one attached hydrogen (secondary N) is 3. The van der Waals surface area contributed by atoms with E-state index in [9.17, 15) is 4.79 Å². The lowest BCUT2D eigenvalue weighted by molar-refractivity contribution is 1.04. The van der Waals surface area contributed by atoms with Gasteiger partial charge < -0.3 is 5.32 Å². The van der Waals surface area contributed by atoms with Crippen molar-refractivity contribution in [3.8, 4) is 0 Å². The van der Waals surface area contributed by atoms with Gasteiger partial charge in [0.1, 0.15) is 0 Å². The number of aromatic amines is 1. The topological polar surface area (TPSA) is 82.2 Å². The summed E-state index contributed by atoms with van der Waals surface area (Å²) in [6.07, 6.45) is 0. The highest BCUT2D eigenvalue weighted by Gasteiger charge is 2.15. The van der Waals surface area contributed by atoms with E-state index in [2.05, 4.69) is 50.1 Å². The number of hydrogen-bond acceptors (Lipinski definition) is 6. The highest BCUT2D eigenvalue weighted by Crippen LogP contribution is 2.44. The first kappa shape index (κ1) is 16.4. The maximum absolute atomic E-state index is 11.5. The summed E-state index contributed by atoms with van der Waals surface area (Å²) < 4.78 is 0. The third kappa shape index (κ3) is 3.34. The van der Waals surface area contributed by atoms with Crippen LogP contribution in [0.2, 0.25) is 0 Å². The van der Waals surface area contributed by atoms with Crippen molar-refractivity contribution >= 4 is 34.8 Å². The van der Waals surface area contributed by atoms with Crippen LogP contribution in [0.15, 0.2) is 68.2 Å². The number of H-pyrrole nitrogens is 1. The second-order valence-corrected chi connectivity index (χ2v) is 7.06. The Labute approximate surface area is 154 Å². The fourth-order valence-corrected chi connectivity index (χ4v) is 3.67. The molecule has 0 saturated heterocycles. The van der Waals surface area contributed by atoms with Gasteiger partial charge in [-0.1, -0.05) is 30.0 Å². The molecule has 4 rings (SSSR count). The molecular formula is C19H17N5OS. The second kappa shape index (κ2) is 6.68. The summed E-state index contributed by atoms with van der Waals surface area (Å²) in [5.74, 6) is 0.329. The zero-order chi connectivity index (χ0) is 18.1. The summed E-state index contributed by atoms with van der Waals surface area (Å²) in [7, 11) is 0. The SMILES string of the molecule is C/C(=N\Nc1nc(C)cc(=O)[nH]1)c1ccc2c(c1)Nc1ccccc1S2. The molecule has 0 radical (unpaired) electrons. The van der Waals surface area contributed by atoms with Gasteiger partial charge in [-0.3, -0.25) is 9.78 Å². The van der Waals surface area contributed by atoms with Gasteiger partial charge in [0.2, 0.25) is 5.95 Å². The molecule has 1 aliphatic heterocycles. The predicted molar refractivity (Wildman–Crippen MR) is 106 cm³/mol. The van der Waals surface area contributed by atoms with Crippen LogP contribution < -0.4 is 16.3 Å². The number of fused-ring (bicyclic) bond motifs is 2. The van der Waals surface area contributed by atoms with Crippen molar-refractivity contribution in [3.05, 3.63) is 70.1 Å². The molecule has 0 bridgehead atoms. The van der Waals surface area contributed by atoms with Gasteiger partial charge in [-0.15, -0.1) is 0 Å². The average molecular weight is 363 g/mol. The fourth-order valence-electron chi connectivity index (χ4n) is 2.70. The first-order valence-corrected chi connectivity index (χ1v) is 8.97. The molecule has 26 heavy (non-hydrogen) atoms. The maximum Gasteiger partial charge on any atom is 0.252 e. The largest absolute Gasteiger partial charge is 0.354 e. The quantitative estimate of drug-likeness (QED) is 0.377. The minimum Gasteiger partial charge on any atom is -0.354 e. The van der Waals surface area contributed by atoms with Crippen molar-refractivity contribution in [1.82, 2.24) is 9.97 Å². The van der Waals surface area contributed by atoms with Gasteiger partial charge in [0, 0.05) is 21.6 Å². The number of hydrazone groups is 1. The standard InChI is InChI=1S/C19H17N5OS/c1-11-9-18(25)22-19(20-11)24-23-12(2)13-7-8-17-15(10-13)21-14-5-3-4-6-16(14)26-17/h3-10,21H,1-2H3,(H2,20,22,24,25)/b23-12+. The fraction of sp³-hybridized carbons (Fsp3) is 0.105. The number of para-hydroxylation sites is 1. The van der Waals surface area contributed by atoms with Crippen molar-refractivity contribution in [3.63, 3.8) is 0 Å². The van der Waals surface area contributed by atoms with Crippen LogP contribution in [-0.4, -0.2) is 15.7 Å². The summed E-state index contributed by atoms with van der Waals surface area (Å²) in [4.78, 5) is 20.7. The van der Waals surface area contributed by atoms with E-state index >= 15 is 0 Å². The minimum atomic E-state index is -0.207. The Morgan fingerprint density at radius 2 is 1.92 bits per heavy atom. The molecule has 130 valence electrons. The van der Waals surface area contributed by atoms with E-state index in [1.165, 1.54) is 15.9 Å². The van der Waals surface area contributed by atoms with E-state index in [1.54, 1.807) is 18.7 Å². The van der Waals surface area contributed by atoms with Gasteiger partial charge in [0.15, 0.2) is 0 Å². The molecular weight excluding hydrogens is 346 g/mol. The van der Waals surface area contributed by atoms with Gasteiger partial charge in [-0.25, -0.2) is 10.4 Å². The first-order valence-electron chi connectivity index (χ1n) is 8.15. The lowest BCUT2D eigenvalue weighted by Gasteiger charge is -2.21. The molecule has 0 spiro atoms. The Hall–Kier alpha value is -3.06. The maximum atomic E-state index is 11.5. The van der Waals surface area contributed by atoms with Crippen LogP contribution in [-0.2, 0) is 0 Å². The molecule has 0 atom stereocenters. The molecule has 0 amide bonds. The van der Waals surface area contributed by atoms with Crippen molar-refractivity contribution < 1.29 is 0 Å². The molecule has 0 fully saturated rings. The van der Waals surface area contributed by atoms with Gasteiger partial charge in [-0.2, -0.15) is 5.10 Å². The normalized spacial score (nSPS) is 12.8. The average Bonchev–Trinajstić information content (AvgIpc) is 2.63. The summed E-state index contributed by atoms with van der Waals surface area (Å²) in [5.41, 5.74) is 7.19. The molecule has 0 unspecified atom stereocenters. The van der Waals surface area contributed by atoms with Crippen LogP contribution in [0, 0.1) is 6.92 Å². The van der Waals surface area contributed by atoms with Crippen LogP contribution in [0.5, 0.6) is 0 Å². The number of nitrogens with zero attached hydrogens (tertiary/aromatic N) is 2. The second-order valence-electron chi connectivity index (χ2n) is 5.98. The Kier molecular flexibility index (Phi) is 4.22. The molecule has 2 aromatic carbocycles. The van der Waals surface area contributed by atoms with E-state index in [1.807, 2.05) is 25.1 Å². The van der Waals surface area contributed by atoms with Crippen LogP contribution in [0.1, 0.15) is 18.2 Å². The molecule has 3 N–H and O–H groups in total. The molecule has 1 aromatic heterocycles.